The zero-order valence-electron chi connectivity index (χ0n) is 16.0. The van der Waals surface area contributed by atoms with Crippen molar-refractivity contribution < 1.29 is 23.1 Å². The molecule has 2 amide bonds. The molecule has 0 aromatic heterocycles. The third kappa shape index (κ3) is 6.04. The molecule has 0 radical (unpaired) electrons. The van der Waals surface area contributed by atoms with E-state index in [0.717, 1.165) is 6.42 Å². The SMILES string of the molecule is CCCNC(=O)[C@@H](C)N(Cc1ccc(F)cc1)C(=O)COc1ccccc1F. The van der Waals surface area contributed by atoms with Crippen LogP contribution in [0, 0.1) is 11.6 Å². The Bertz CT molecular complexity index is 796. The summed E-state index contributed by atoms with van der Waals surface area (Å²) in [6, 6.07) is 10.7. The highest BCUT2D eigenvalue weighted by Crippen LogP contribution is 2.16. The summed E-state index contributed by atoms with van der Waals surface area (Å²) in [4.78, 5) is 26.4. The molecule has 2 rings (SSSR count). The van der Waals surface area contributed by atoms with Crippen molar-refractivity contribution in [1.29, 1.82) is 0 Å². The van der Waals surface area contributed by atoms with E-state index in [1.807, 2.05) is 6.92 Å². The summed E-state index contributed by atoms with van der Waals surface area (Å²) in [7, 11) is 0. The van der Waals surface area contributed by atoms with Gasteiger partial charge in [0.2, 0.25) is 5.91 Å². The molecule has 0 saturated carbocycles. The number of amides is 2. The molecule has 0 heterocycles. The van der Waals surface area contributed by atoms with Crippen LogP contribution in [0.3, 0.4) is 0 Å². The van der Waals surface area contributed by atoms with E-state index in [1.165, 1.54) is 35.2 Å². The number of para-hydroxylation sites is 1. The zero-order valence-corrected chi connectivity index (χ0v) is 16.0. The van der Waals surface area contributed by atoms with Crippen LogP contribution < -0.4 is 10.1 Å². The molecular weight excluding hydrogens is 366 g/mol. The fourth-order valence-corrected chi connectivity index (χ4v) is 2.55. The fourth-order valence-electron chi connectivity index (χ4n) is 2.55. The Balaban J connectivity index is 2.13. The van der Waals surface area contributed by atoms with Gasteiger partial charge < -0.3 is 15.0 Å². The predicted molar refractivity (Wildman–Crippen MR) is 102 cm³/mol. The molecule has 7 heteroatoms. The number of rotatable bonds is 9. The van der Waals surface area contributed by atoms with Crippen LogP contribution in [0.5, 0.6) is 5.75 Å². The van der Waals surface area contributed by atoms with Crippen molar-refractivity contribution in [2.24, 2.45) is 0 Å². The highest BCUT2D eigenvalue weighted by atomic mass is 19.1. The highest BCUT2D eigenvalue weighted by molar-refractivity contribution is 5.87. The number of ether oxygens (including phenoxy) is 1. The lowest BCUT2D eigenvalue weighted by Gasteiger charge is -2.28. The van der Waals surface area contributed by atoms with E-state index in [9.17, 15) is 18.4 Å². The van der Waals surface area contributed by atoms with Crippen molar-refractivity contribution in [3.8, 4) is 5.75 Å². The molecule has 150 valence electrons. The van der Waals surface area contributed by atoms with Crippen molar-refractivity contribution in [2.75, 3.05) is 13.2 Å². The van der Waals surface area contributed by atoms with Crippen molar-refractivity contribution in [3.63, 3.8) is 0 Å². The lowest BCUT2D eigenvalue weighted by molar-refractivity contribution is -0.142. The van der Waals surface area contributed by atoms with Gasteiger partial charge in [0, 0.05) is 13.1 Å². The summed E-state index contributed by atoms with van der Waals surface area (Å²) >= 11 is 0. The largest absolute Gasteiger partial charge is 0.481 e. The lowest BCUT2D eigenvalue weighted by Crippen LogP contribution is -2.49. The maximum Gasteiger partial charge on any atom is 0.261 e. The molecule has 0 aliphatic carbocycles. The van der Waals surface area contributed by atoms with Crippen molar-refractivity contribution in [1.82, 2.24) is 10.2 Å². The summed E-state index contributed by atoms with van der Waals surface area (Å²) in [5.74, 6) is -1.79. The van der Waals surface area contributed by atoms with Crippen LogP contribution >= 0.6 is 0 Å². The number of benzene rings is 2. The highest BCUT2D eigenvalue weighted by Gasteiger charge is 2.26. The monoisotopic (exact) mass is 390 g/mol. The maximum absolute atomic E-state index is 13.7. The molecule has 0 bridgehead atoms. The van der Waals surface area contributed by atoms with Crippen molar-refractivity contribution >= 4 is 11.8 Å². The summed E-state index contributed by atoms with van der Waals surface area (Å²) in [6.07, 6.45) is 0.765. The van der Waals surface area contributed by atoms with Crippen LogP contribution in [-0.4, -0.2) is 35.9 Å². The Hall–Kier alpha value is -2.96. The van der Waals surface area contributed by atoms with Gasteiger partial charge in [-0.25, -0.2) is 8.78 Å². The van der Waals surface area contributed by atoms with E-state index in [1.54, 1.807) is 25.1 Å². The third-order valence-electron chi connectivity index (χ3n) is 4.17. The van der Waals surface area contributed by atoms with Crippen molar-refractivity contribution in [2.45, 2.75) is 32.9 Å². The second-order valence-electron chi connectivity index (χ2n) is 6.33. The minimum Gasteiger partial charge on any atom is -0.481 e. The molecule has 28 heavy (non-hydrogen) atoms. The van der Waals surface area contributed by atoms with Gasteiger partial charge in [0.25, 0.3) is 5.91 Å². The number of carbonyl (C=O) groups is 2. The second-order valence-corrected chi connectivity index (χ2v) is 6.33. The van der Waals surface area contributed by atoms with Crippen LogP contribution in [0.1, 0.15) is 25.8 Å². The molecule has 2 aromatic rings. The minimum absolute atomic E-state index is 0.0410. The first-order valence-corrected chi connectivity index (χ1v) is 9.11. The number of nitrogens with one attached hydrogen (secondary N) is 1. The average molecular weight is 390 g/mol. The van der Waals surface area contributed by atoms with Gasteiger partial charge in [-0.3, -0.25) is 9.59 Å². The Morgan fingerprint density at radius 1 is 1.11 bits per heavy atom. The minimum atomic E-state index is -0.770. The Morgan fingerprint density at radius 2 is 1.79 bits per heavy atom. The van der Waals surface area contributed by atoms with Gasteiger partial charge >= 0.3 is 0 Å². The van der Waals surface area contributed by atoms with Gasteiger partial charge in [0.1, 0.15) is 11.9 Å². The van der Waals surface area contributed by atoms with Gasteiger partial charge in [-0.2, -0.15) is 0 Å². The van der Waals surface area contributed by atoms with E-state index in [-0.39, 0.29) is 18.2 Å². The van der Waals surface area contributed by atoms with Gasteiger partial charge in [-0.05, 0) is 43.2 Å². The molecule has 1 atom stereocenters. The maximum atomic E-state index is 13.7. The molecule has 0 aliphatic heterocycles. The van der Waals surface area contributed by atoms with Gasteiger partial charge in [0.15, 0.2) is 18.2 Å². The lowest BCUT2D eigenvalue weighted by atomic mass is 10.1. The van der Waals surface area contributed by atoms with Crippen molar-refractivity contribution in [3.05, 3.63) is 65.7 Å². The number of carbonyl (C=O) groups excluding carboxylic acids is 2. The van der Waals surface area contributed by atoms with E-state index in [0.29, 0.717) is 12.1 Å². The van der Waals surface area contributed by atoms with Crippen LogP contribution in [0.2, 0.25) is 0 Å². The van der Waals surface area contributed by atoms with E-state index < -0.39 is 30.2 Å². The van der Waals surface area contributed by atoms with Gasteiger partial charge in [-0.1, -0.05) is 31.2 Å². The van der Waals surface area contributed by atoms with E-state index in [4.69, 9.17) is 4.74 Å². The summed E-state index contributed by atoms with van der Waals surface area (Å²) < 4.78 is 32.1. The molecule has 1 N–H and O–H groups in total. The first kappa shape index (κ1) is 21.3. The molecule has 0 saturated heterocycles. The molecule has 2 aromatic carbocycles. The average Bonchev–Trinajstić information content (AvgIpc) is 2.70. The number of hydrogen-bond donors (Lipinski definition) is 1. The van der Waals surface area contributed by atoms with Crippen LogP contribution in [0.4, 0.5) is 8.78 Å². The standard InChI is InChI=1S/C21H24F2N2O3/c1-3-12-24-21(27)15(2)25(13-16-8-10-17(22)11-9-16)20(26)14-28-19-7-5-4-6-18(19)23/h4-11,15H,3,12-14H2,1-2H3,(H,24,27)/t15-/m1/s1. The van der Waals surface area contributed by atoms with Crippen LogP contribution in [0.15, 0.2) is 48.5 Å². The Kier molecular flexibility index (Phi) is 7.92. The molecular formula is C21H24F2N2O3. The summed E-state index contributed by atoms with van der Waals surface area (Å²) in [5.41, 5.74) is 0.663. The van der Waals surface area contributed by atoms with E-state index >= 15 is 0 Å². The van der Waals surface area contributed by atoms with Gasteiger partial charge in [-0.15, -0.1) is 0 Å². The predicted octanol–water partition coefficient (Wildman–Crippen LogP) is 3.29. The van der Waals surface area contributed by atoms with Crippen LogP contribution in [0.25, 0.3) is 0 Å². The molecule has 0 fully saturated rings. The fraction of sp³-hybridized carbons (Fsp3) is 0.333. The zero-order chi connectivity index (χ0) is 20.5. The molecule has 5 nitrogen and oxygen atoms in total. The van der Waals surface area contributed by atoms with Gasteiger partial charge in [0.05, 0.1) is 0 Å². The third-order valence-corrected chi connectivity index (χ3v) is 4.17. The quantitative estimate of drug-likeness (QED) is 0.715. The molecule has 0 unspecified atom stereocenters. The Labute approximate surface area is 163 Å². The normalized spacial score (nSPS) is 11.6. The number of nitrogens with zero attached hydrogens (tertiary/aromatic N) is 1. The summed E-state index contributed by atoms with van der Waals surface area (Å²) in [6.45, 7) is 3.70. The summed E-state index contributed by atoms with van der Waals surface area (Å²) in [5, 5.41) is 2.75. The first-order chi connectivity index (χ1) is 13.4. The smallest absolute Gasteiger partial charge is 0.261 e. The topological polar surface area (TPSA) is 58.6 Å². The first-order valence-electron chi connectivity index (χ1n) is 9.11. The second kappa shape index (κ2) is 10.4. The Morgan fingerprint density at radius 3 is 2.43 bits per heavy atom. The molecule has 0 spiro atoms. The number of halogens is 2. The molecule has 0 aliphatic rings. The number of hydrogen-bond acceptors (Lipinski definition) is 3. The van der Waals surface area contributed by atoms with E-state index in [2.05, 4.69) is 5.32 Å². The van der Waals surface area contributed by atoms with Crippen LogP contribution in [-0.2, 0) is 16.1 Å².